The SMILES string of the molecule is [2H]C([2H])([2H])COC(=O)C(Cc1ccc(F)cc1)NC(=O)C(N)Cc1ccc(N(CCCl)CCCl)cc1. The minimum Gasteiger partial charge on any atom is -0.464 e. The third-order valence-electron chi connectivity index (χ3n) is 4.97. The number of esters is 1. The smallest absolute Gasteiger partial charge is 0.328 e. The minimum absolute atomic E-state index is 0.0236. The maximum absolute atomic E-state index is 13.2. The van der Waals surface area contributed by atoms with Crippen molar-refractivity contribution in [3.63, 3.8) is 0 Å². The van der Waals surface area contributed by atoms with Gasteiger partial charge < -0.3 is 20.7 Å². The molecule has 6 nitrogen and oxygen atoms in total. The summed E-state index contributed by atoms with van der Waals surface area (Å²) >= 11 is 11.7. The molecule has 2 aromatic carbocycles. The molecule has 0 fully saturated rings. The summed E-state index contributed by atoms with van der Waals surface area (Å²) in [6, 6.07) is 10.7. The fraction of sp³-hybridized carbons (Fsp3) is 0.417. The molecule has 180 valence electrons. The van der Waals surface area contributed by atoms with Crippen molar-refractivity contribution < 1.29 is 22.8 Å². The number of halogens is 3. The number of anilines is 1. The quantitative estimate of drug-likeness (QED) is 0.325. The van der Waals surface area contributed by atoms with Crippen LogP contribution in [0.25, 0.3) is 0 Å². The van der Waals surface area contributed by atoms with Gasteiger partial charge in [-0.15, -0.1) is 23.2 Å². The van der Waals surface area contributed by atoms with Gasteiger partial charge in [0, 0.05) is 41.1 Å². The van der Waals surface area contributed by atoms with Gasteiger partial charge in [-0.1, -0.05) is 24.3 Å². The Hall–Kier alpha value is -2.35. The van der Waals surface area contributed by atoms with Crippen molar-refractivity contribution in [2.75, 3.05) is 36.4 Å². The van der Waals surface area contributed by atoms with E-state index in [1.165, 1.54) is 24.3 Å². The molecule has 2 atom stereocenters. The first kappa shape index (κ1) is 22.4. The average molecular weight is 501 g/mol. The lowest BCUT2D eigenvalue weighted by Crippen LogP contribution is -2.50. The van der Waals surface area contributed by atoms with E-state index >= 15 is 0 Å². The Labute approximate surface area is 208 Å². The summed E-state index contributed by atoms with van der Waals surface area (Å²) in [6.45, 7) is -2.00. The molecule has 0 saturated carbocycles. The topological polar surface area (TPSA) is 84.7 Å². The van der Waals surface area contributed by atoms with Crippen LogP contribution >= 0.6 is 23.2 Å². The number of hydrogen-bond acceptors (Lipinski definition) is 5. The van der Waals surface area contributed by atoms with E-state index in [9.17, 15) is 14.0 Å². The molecule has 2 unspecified atom stereocenters. The molecule has 0 aliphatic carbocycles. The number of nitrogens with one attached hydrogen (secondary N) is 1. The molecule has 3 N–H and O–H groups in total. The molecular formula is C24H30Cl2FN3O3. The Morgan fingerprint density at radius 2 is 1.64 bits per heavy atom. The second-order valence-electron chi connectivity index (χ2n) is 7.34. The average Bonchev–Trinajstić information content (AvgIpc) is 2.83. The molecule has 0 radical (unpaired) electrons. The zero-order chi connectivity index (χ0) is 26.7. The molecule has 1 amide bonds. The predicted molar refractivity (Wildman–Crippen MR) is 130 cm³/mol. The molecule has 0 aliphatic heterocycles. The van der Waals surface area contributed by atoms with E-state index in [-0.39, 0.29) is 12.8 Å². The van der Waals surface area contributed by atoms with Crippen LogP contribution in [0.3, 0.4) is 0 Å². The fourth-order valence-corrected chi connectivity index (χ4v) is 3.67. The maximum atomic E-state index is 13.2. The number of alkyl halides is 2. The summed E-state index contributed by atoms with van der Waals surface area (Å²) in [6.07, 6.45) is 0.176. The lowest BCUT2D eigenvalue weighted by molar-refractivity contribution is -0.147. The second-order valence-corrected chi connectivity index (χ2v) is 8.10. The first-order chi connectivity index (χ1) is 17.0. The maximum Gasteiger partial charge on any atom is 0.328 e. The number of ether oxygens (including phenoxy) is 1. The second kappa shape index (κ2) is 14.0. The van der Waals surface area contributed by atoms with Crippen molar-refractivity contribution in [1.82, 2.24) is 5.32 Å². The molecule has 0 spiro atoms. The van der Waals surface area contributed by atoms with Gasteiger partial charge in [0.1, 0.15) is 11.9 Å². The van der Waals surface area contributed by atoms with E-state index in [1.54, 1.807) is 0 Å². The summed E-state index contributed by atoms with van der Waals surface area (Å²) < 4.78 is 39.8. The number of rotatable bonds is 13. The van der Waals surface area contributed by atoms with Crippen molar-refractivity contribution in [3.05, 3.63) is 65.5 Å². The molecule has 0 aliphatic rings. The van der Waals surface area contributed by atoms with E-state index < -0.39 is 43.2 Å². The Bertz CT molecular complexity index is 973. The van der Waals surface area contributed by atoms with Crippen LogP contribution in [0.15, 0.2) is 48.5 Å². The summed E-state index contributed by atoms with van der Waals surface area (Å²) in [4.78, 5) is 27.4. The van der Waals surface area contributed by atoms with Crippen LogP contribution in [0.2, 0.25) is 0 Å². The van der Waals surface area contributed by atoms with Crippen molar-refractivity contribution in [2.45, 2.75) is 31.8 Å². The van der Waals surface area contributed by atoms with Gasteiger partial charge in [0.05, 0.1) is 12.6 Å². The highest BCUT2D eigenvalue weighted by molar-refractivity contribution is 6.18. The number of carbonyl (C=O) groups excluding carboxylic acids is 2. The van der Waals surface area contributed by atoms with Gasteiger partial charge in [-0.25, -0.2) is 9.18 Å². The van der Waals surface area contributed by atoms with Gasteiger partial charge >= 0.3 is 5.97 Å². The van der Waals surface area contributed by atoms with Crippen LogP contribution in [0.4, 0.5) is 10.1 Å². The lowest BCUT2D eigenvalue weighted by atomic mass is 10.0. The van der Waals surface area contributed by atoms with Gasteiger partial charge in [0.25, 0.3) is 0 Å². The van der Waals surface area contributed by atoms with E-state index in [4.69, 9.17) is 37.8 Å². The number of amides is 1. The minimum atomic E-state index is -2.48. The normalized spacial score (nSPS) is 14.4. The molecule has 0 saturated heterocycles. The molecular weight excluding hydrogens is 468 g/mol. The van der Waals surface area contributed by atoms with Gasteiger partial charge in [0.15, 0.2) is 0 Å². The Kier molecular flexibility index (Phi) is 9.54. The van der Waals surface area contributed by atoms with Crippen LogP contribution in [0.1, 0.15) is 22.1 Å². The number of nitrogens with zero attached hydrogens (tertiary/aromatic N) is 1. The standard InChI is InChI=1S/C24H30Cl2FN3O3/c1-2-33-24(32)22(16-18-3-7-19(27)8-4-18)29-23(31)21(28)15-17-5-9-20(10-6-17)30(13-11-25)14-12-26/h3-10,21-22H,2,11-16,28H2,1H3,(H,29,31)/i1D3. The van der Waals surface area contributed by atoms with Crippen LogP contribution in [-0.4, -0.2) is 55.4 Å². The predicted octanol–water partition coefficient (Wildman–Crippen LogP) is 3.27. The lowest BCUT2D eigenvalue weighted by Gasteiger charge is -2.23. The third kappa shape index (κ3) is 8.84. The largest absolute Gasteiger partial charge is 0.464 e. The highest BCUT2D eigenvalue weighted by Gasteiger charge is 2.25. The number of benzene rings is 2. The molecule has 9 heteroatoms. The number of carbonyl (C=O) groups is 2. The van der Waals surface area contributed by atoms with Crippen LogP contribution in [0, 0.1) is 5.82 Å². The van der Waals surface area contributed by atoms with E-state index in [0.717, 1.165) is 11.3 Å². The third-order valence-corrected chi connectivity index (χ3v) is 5.31. The zero-order valence-electron chi connectivity index (χ0n) is 21.1. The number of nitrogens with two attached hydrogens (primary N) is 1. The summed E-state index contributed by atoms with van der Waals surface area (Å²) in [5.74, 6) is -1.07. The Morgan fingerprint density at radius 1 is 1.06 bits per heavy atom. The fourth-order valence-electron chi connectivity index (χ4n) is 3.26. The van der Waals surface area contributed by atoms with E-state index in [0.29, 0.717) is 30.4 Å². The molecule has 0 aromatic heterocycles. The zero-order valence-corrected chi connectivity index (χ0v) is 19.6. The van der Waals surface area contributed by atoms with Crippen molar-refractivity contribution in [1.29, 1.82) is 0 Å². The van der Waals surface area contributed by atoms with Gasteiger partial charge in [-0.2, -0.15) is 0 Å². The monoisotopic (exact) mass is 500 g/mol. The van der Waals surface area contributed by atoms with Gasteiger partial charge in [-0.3, -0.25) is 4.79 Å². The molecule has 2 aromatic rings. The summed E-state index contributed by atoms with van der Waals surface area (Å²) in [5, 5.41) is 2.55. The van der Waals surface area contributed by atoms with Crippen LogP contribution in [0.5, 0.6) is 0 Å². The van der Waals surface area contributed by atoms with Crippen LogP contribution in [-0.2, 0) is 27.2 Å². The highest BCUT2D eigenvalue weighted by atomic mass is 35.5. The van der Waals surface area contributed by atoms with Crippen molar-refractivity contribution in [2.24, 2.45) is 5.73 Å². The first-order valence-electron chi connectivity index (χ1n) is 11.9. The molecule has 2 rings (SSSR count). The van der Waals surface area contributed by atoms with E-state index in [2.05, 4.69) is 5.32 Å². The highest BCUT2D eigenvalue weighted by Crippen LogP contribution is 2.16. The van der Waals surface area contributed by atoms with Crippen molar-refractivity contribution >= 4 is 40.8 Å². The molecule has 0 bridgehead atoms. The summed E-state index contributed by atoms with van der Waals surface area (Å²) in [5.41, 5.74) is 8.39. The van der Waals surface area contributed by atoms with Crippen LogP contribution < -0.4 is 16.0 Å². The van der Waals surface area contributed by atoms with E-state index in [1.807, 2.05) is 29.2 Å². The van der Waals surface area contributed by atoms with Crippen molar-refractivity contribution in [3.8, 4) is 0 Å². The Morgan fingerprint density at radius 3 is 2.21 bits per heavy atom. The molecule has 33 heavy (non-hydrogen) atoms. The Balaban J connectivity index is 2.06. The first-order valence-corrected chi connectivity index (χ1v) is 11.5. The molecule has 0 heterocycles. The van der Waals surface area contributed by atoms with Gasteiger partial charge in [-0.05, 0) is 48.7 Å². The summed E-state index contributed by atoms with van der Waals surface area (Å²) in [7, 11) is 0. The van der Waals surface area contributed by atoms with Gasteiger partial charge in [0.2, 0.25) is 5.91 Å². The number of hydrogen-bond donors (Lipinski definition) is 2.